The normalized spacial score (nSPS) is 10.9. The zero-order chi connectivity index (χ0) is 11.0. The fourth-order valence-corrected chi connectivity index (χ4v) is 0.641. The molecule has 0 aromatic rings. The van der Waals surface area contributed by atoms with E-state index in [9.17, 15) is 9.59 Å². The van der Waals surface area contributed by atoms with Gasteiger partial charge in [0.25, 0.3) is 0 Å². The molecule has 4 heteroatoms. The van der Waals surface area contributed by atoms with Crippen molar-refractivity contribution in [1.82, 2.24) is 5.32 Å². The Labute approximate surface area is 84.3 Å². The fourth-order valence-electron chi connectivity index (χ4n) is 0.641. The Morgan fingerprint density at radius 3 is 2.50 bits per heavy atom. The molecule has 0 radical (unpaired) electrons. The minimum absolute atomic E-state index is 0.000805. The van der Waals surface area contributed by atoms with E-state index >= 15 is 0 Å². The molecule has 0 aliphatic rings. The lowest BCUT2D eigenvalue weighted by atomic mass is 10.2. The van der Waals surface area contributed by atoms with Gasteiger partial charge in [-0.1, -0.05) is 6.92 Å². The first-order valence-corrected chi connectivity index (χ1v) is 4.64. The lowest BCUT2D eigenvalue weighted by molar-refractivity contribution is -0.121. The molecule has 0 bridgehead atoms. The quantitative estimate of drug-likeness (QED) is 0.395. The molecule has 0 aliphatic heterocycles. The minimum Gasteiger partial charge on any atom is -0.499 e. The summed E-state index contributed by atoms with van der Waals surface area (Å²) in [7, 11) is 0. The van der Waals surface area contributed by atoms with Crippen molar-refractivity contribution in [2.24, 2.45) is 0 Å². The van der Waals surface area contributed by atoms with Crippen LogP contribution in [0.5, 0.6) is 0 Å². The van der Waals surface area contributed by atoms with Crippen LogP contribution in [0, 0.1) is 0 Å². The average molecular weight is 199 g/mol. The van der Waals surface area contributed by atoms with Crippen LogP contribution in [0.1, 0.15) is 27.2 Å². The maximum absolute atomic E-state index is 10.8. The van der Waals surface area contributed by atoms with Gasteiger partial charge in [-0.15, -0.1) is 0 Å². The highest BCUT2D eigenvalue weighted by Gasteiger charge is 1.96. The number of ether oxygens (including phenoxy) is 1. The molecule has 0 rings (SSSR count). The zero-order valence-corrected chi connectivity index (χ0v) is 8.92. The number of amides is 1. The van der Waals surface area contributed by atoms with Gasteiger partial charge in [-0.2, -0.15) is 0 Å². The van der Waals surface area contributed by atoms with Crippen molar-refractivity contribution in [3.8, 4) is 0 Å². The van der Waals surface area contributed by atoms with E-state index in [1.54, 1.807) is 13.8 Å². The van der Waals surface area contributed by atoms with Crippen LogP contribution in [0.2, 0.25) is 0 Å². The second kappa shape index (κ2) is 7.12. The van der Waals surface area contributed by atoms with Crippen molar-refractivity contribution in [3.05, 3.63) is 11.8 Å². The number of carbonyl (C=O) groups is 2. The summed E-state index contributed by atoms with van der Waals surface area (Å²) in [6.07, 6.45) is 1.89. The molecule has 0 aromatic heterocycles. The Kier molecular flexibility index (Phi) is 6.45. The molecule has 1 N–H and O–H groups in total. The van der Waals surface area contributed by atoms with Gasteiger partial charge in [0.15, 0.2) is 5.78 Å². The van der Waals surface area contributed by atoms with Crippen molar-refractivity contribution < 1.29 is 14.3 Å². The Balaban J connectivity index is 3.51. The molecule has 4 nitrogen and oxygen atoms in total. The number of hydrogen-bond donors (Lipinski definition) is 1. The molecule has 0 unspecified atom stereocenters. The summed E-state index contributed by atoms with van der Waals surface area (Å²) in [6.45, 7) is 5.81. The van der Waals surface area contributed by atoms with Gasteiger partial charge in [0.2, 0.25) is 5.91 Å². The first-order chi connectivity index (χ1) is 6.57. The summed E-state index contributed by atoms with van der Waals surface area (Å²) in [5, 5.41) is 2.66. The second-order valence-electron chi connectivity index (χ2n) is 2.93. The lowest BCUT2D eigenvalue weighted by Crippen LogP contribution is -2.25. The predicted octanol–water partition coefficient (Wildman–Crippen LogP) is 1.02. The maximum Gasteiger partial charge on any atom is 0.219 e. The van der Waals surface area contributed by atoms with Gasteiger partial charge in [-0.25, -0.2) is 0 Å². The van der Waals surface area contributed by atoms with Crippen LogP contribution < -0.4 is 5.32 Å². The standard InChI is InChI=1S/C10H17NO3/c1-4-10(13)11-5-6-14-7-8(2)9(3)12/h7H,4-6H2,1-3H3,(H,11,13)/b8-7+. The third-order valence-electron chi connectivity index (χ3n) is 1.68. The number of rotatable bonds is 6. The number of allylic oxidation sites excluding steroid dienone is 1. The van der Waals surface area contributed by atoms with Gasteiger partial charge in [-0.05, 0) is 13.8 Å². The molecule has 80 valence electrons. The molecule has 0 aromatic carbocycles. The summed E-state index contributed by atoms with van der Waals surface area (Å²) in [6, 6.07) is 0. The summed E-state index contributed by atoms with van der Waals surface area (Å²) < 4.78 is 5.05. The number of hydrogen-bond acceptors (Lipinski definition) is 3. The van der Waals surface area contributed by atoms with E-state index < -0.39 is 0 Å². The Morgan fingerprint density at radius 2 is 2.00 bits per heavy atom. The molecule has 14 heavy (non-hydrogen) atoms. The van der Waals surface area contributed by atoms with Gasteiger partial charge >= 0.3 is 0 Å². The van der Waals surface area contributed by atoms with Crippen LogP contribution in [0.4, 0.5) is 0 Å². The number of carbonyl (C=O) groups excluding carboxylic acids is 2. The van der Waals surface area contributed by atoms with E-state index in [0.29, 0.717) is 25.1 Å². The first-order valence-electron chi connectivity index (χ1n) is 4.64. The van der Waals surface area contributed by atoms with Crippen molar-refractivity contribution >= 4 is 11.7 Å². The van der Waals surface area contributed by atoms with E-state index in [2.05, 4.69) is 5.32 Å². The second-order valence-corrected chi connectivity index (χ2v) is 2.93. The molecular weight excluding hydrogens is 182 g/mol. The molecule has 0 fully saturated rings. The lowest BCUT2D eigenvalue weighted by Gasteiger charge is -2.03. The van der Waals surface area contributed by atoms with Gasteiger partial charge in [0.05, 0.1) is 12.8 Å². The van der Waals surface area contributed by atoms with Crippen molar-refractivity contribution in [2.75, 3.05) is 13.2 Å². The Bertz CT molecular complexity index is 234. The van der Waals surface area contributed by atoms with Crippen LogP contribution >= 0.6 is 0 Å². The smallest absolute Gasteiger partial charge is 0.219 e. The molecule has 0 saturated carbocycles. The van der Waals surface area contributed by atoms with Gasteiger partial charge < -0.3 is 10.1 Å². The SMILES string of the molecule is CCC(=O)NCCO/C=C(\C)C(C)=O. The molecule has 0 heterocycles. The molecule has 0 saturated heterocycles. The highest BCUT2D eigenvalue weighted by Crippen LogP contribution is 1.93. The third kappa shape index (κ3) is 6.22. The van der Waals surface area contributed by atoms with Crippen LogP contribution in [0.25, 0.3) is 0 Å². The monoisotopic (exact) mass is 199 g/mol. The molecular formula is C10H17NO3. The fraction of sp³-hybridized carbons (Fsp3) is 0.600. The Hall–Kier alpha value is -1.32. The van der Waals surface area contributed by atoms with Gasteiger partial charge in [0.1, 0.15) is 6.61 Å². The van der Waals surface area contributed by atoms with Crippen LogP contribution in [0.15, 0.2) is 11.8 Å². The molecule has 0 aliphatic carbocycles. The molecule has 0 atom stereocenters. The number of nitrogens with one attached hydrogen (secondary N) is 1. The van der Waals surface area contributed by atoms with E-state index in [-0.39, 0.29) is 11.7 Å². The molecule has 0 spiro atoms. The highest BCUT2D eigenvalue weighted by atomic mass is 16.5. The largest absolute Gasteiger partial charge is 0.499 e. The van der Waals surface area contributed by atoms with Crippen molar-refractivity contribution in [2.45, 2.75) is 27.2 Å². The van der Waals surface area contributed by atoms with Gasteiger partial charge in [-0.3, -0.25) is 9.59 Å². The molecule has 1 amide bonds. The highest BCUT2D eigenvalue weighted by molar-refractivity contribution is 5.92. The van der Waals surface area contributed by atoms with Crippen LogP contribution in [-0.4, -0.2) is 24.8 Å². The van der Waals surface area contributed by atoms with Gasteiger partial charge in [0, 0.05) is 12.0 Å². The summed E-state index contributed by atoms with van der Waals surface area (Å²) in [5.41, 5.74) is 0.576. The average Bonchev–Trinajstić information content (AvgIpc) is 2.16. The van der Waals surface area contributed by atoms with E-state index in [4.69, 9.17) is 4.74 Å². The predicted molar refractivity (Wildman–Crippen MR) is 53.7 cm³/mol. The summed E-state index contributed by atoms with van der Waals surface area (Å²) in [5.74, 6) is -0.0107. The van der Waals surface area contributed by atoms with E-state index in [0.717, 1.165) is 0 Å². The van der Waals surface area contributed by atoms with Crippen LogP contribution in [-0.2, 0) is 14.3 Å². The topological polar surface area (TPSA) is 55.4 Å². The number of ketones is 1. The zero-order valence-electron chi connectivity index (χ0n) is 8.92. The van der Waals surface area contributed by atoms with Crippen molar-refractivity contribution in [1.29, 1.82) is 0 Å². The first kappa shape index (κ1) is 12.7. The third-order valence-corrected chi connectivity index (χ3v) is 1.68. The number of Topliss-reactive ketones (excluding diaryl/α,β-unsaturated/α-hetero) is 1. The summed E-state index contributed by atoms with van der Waals surface area (Å²) in [4.78, 5) is 21.5. The maximum atomic E-state index is 10.8. The van der Waals surface area contributed by atoms with E-state index in [1.165, 1.54) is 13.2 Å². The van der Waals surface area contributed by atoms with Crippen LogP contribution in [0.3, 0.4) is 0 Å². The summed E-state index contributed by atoms with van der Waals surface area (Å²) >= 11 is 0. The Morgan fingerprint density at radius 1 is 1.36 bits per heavy atom. The van der Waals surface area contributed by atoms with Crippen molar-refractivity contribution in [3.63, 3.8) is 0 Å². The minimum atomic E-state index is -0.0115. The van der Waals surface area contributed by atoms with E-state index in [1.807, 2.05) is 0 Å².